The highest BCUT2D eigenvalue weighted by Crippen LogP contribution is 2.41. The minimum Gasteiger partial charge on any atom is -0.493 e. The summed E-state index contributed by atoms with van der Waals surface area (Å²) in [6, 6.07) is 1.53. The second kappa shape index (κ2) is 5.52. The first-order valence-electron chi connectivity index (χ1n) is 6.67. The van der Waals surface area contributed by atoms with Gasteiger partial charge < -0.3 is 14.2 Å². The molecule has 7 heteroatoms. The van der Waals surface area contributed by atoms with Gasteiger partial charge in [-0.05, 0) is 31.4 Å². The standard InChI is InChI=1S/C14H13ClFNO4/c1-2-19-14-17-13(18)12(21-14)9-10(16)8(15)6-7-4-3-5-20-11(7)9/h6,12H,2-5H2,1H3. The van der Waals surface area contributed by atoms with E-state index < -0.39 is 17.8 Å². The van der Waals surface area contributed by atoms with Gasteiger partial charge in [0.25, 0.3) is 5.91 Å². The number of amides is 1. The smallest absolute Gasteiger partial charge is 0.392 e. The van der Waals surface area contributed by atoms with E-state index in [0.717, 1.165) is 12.0 Å². The number of hydrogen-bond acceptors (Lipinski definition) is 4. The molecule has 2 aliphatic heterocycles. The van der Waals surface area contributed by atoms with E-state index in [9.17, 15) is 9.18 Å². The predicted octanol–water partition coefficient (Wildman–Crippen LogP) is 2.79. The molecule has 1 aromatic carbocycles. The lowest BCUT2D eigenvalue weighted by molar-refractivity contribution is -0.123. The summed E-state index contributed by atoms with van der Waals surface area (Å²) >= 11 is 5.91. The third kappa shape index (κ3) is 2.44. The van der Waals surface area contributed by atoms with Gasteiger partial charge in [0.2, 0.25) is 6.10 Å². The highest BCUT2D eigenvalue weighted by Gasteiger charge is 2.38. The third-order valence-electron chi connectivity index (χ3n) is 3.29. The van der Waals surface area contributed by atoms with Gasteiger partial charge in [-0.1, -0.05) is 11.6 Å². The van der Waals surface area contributed by atoms with Crippen molar-refractivity contribution >= 4 is 23.6 Å². The molecular weight excluding hydrogens is 301 g/mol. The minimum atomic E-state index is -1.21. The number of nitrogens with zero attached hydrogens (tertiary/aromatic N) is 1. The van der Waals surface area contributed by atoms with Gasteiger partial charge in [-0.3, -0.25) is 4.79 Å². The van der Waals surface area contributed by atoms with Crippen molar-refractivity contribution in [1.82, 2.24) is 0 Å². The Morgan fingerprint density at radius 3 is 3.14 bits per heavy atom. The Hall–Kier alpha value is -1.82. The van der Waals surface area contributed by atoms with Crippen molar-refractivity contribution in [2.24, 2.45) is 4.99 Å². The number of aryl methyl sites for hydroxylation is 1. The van der Waals surface area contributed by atoms with Crippen molar-refractivity contribution in [2.45, 2.75) is 25.9 Å². The normalized spacial score (nSPS) is 20.4. The molecule has 0 bridgehead atoms. The number of hydrogen-bond donors (Lipinski definition) is 0. The molecule has 0 spiro atoms. The number of rotatable bonds is 2. The molecule has 0 fully saturated rings. The molecule has 3 rings (SSSR count). The third-order valence-corrected chi connectivity index (χ3v) is 3.57. The number of halogens is 2. The molecule has 0 N–H and O–H groups in total. The summed E-state index contributed by atoms with van der Waals surface area (Å²) < 4.78 is 30.3. The second-order valence-electron chi connectivity index (χ2n) is 4.67. The SMILES string of the molecule is CCOC1=NC(=O)C(c2c(F)c(Cl)cc3c2OCCC3)O1. The van der Waals surface area contributed by atoms with E-state index in [1.807, 2.05) is 0 Å². The maximum absolute atomic E-state index is 14.4. The summed E-state index contributed by atoms with van der Waals surface area (Å²) in [5, 5.41) is -0.0597. The maximum atomic E-state index is 14.4. The first-order valence-corrected chi connectivity index (χ1v) is 7.05. The quantitative estimate of drug-likeness (QED) is 0.842. The molecular formula is C14H13ClFNO4. The highest BCUT2D eigenvalue weighted by molar-refractivity contribution is 6.31. The number of benzene rings is 1. The number of carbonyl (C=O) groups is 1. The van der Waals surface area contributed by atoms with E-state index in [1.165, 1.54) is 6.07 Å². The van der Waals surface area contributed by atoms with Crippen LogP contribution in [-0.2, 0) is 20.7 Å². The monoisotopic (exact) mass is 313 g/mol. The zero-order valence-electron chi connectivity index (χ0n) is 11.3. The Balaban J connectivity index is 2.03. The van der Waals surface area contributed by atoms with Gasteiger partial charge in [0.05, 0.1) is 23.8 Å². The number of aliphatic imine (C=N–C) groups is 1. The molecule has 5 nitrogen and oxygen atoms in total. The van der Waals surface area contributed by atoms with Gasteiger partial charge in [-0.2, -0.15) is 0 Å². The molecule has 0 saturated heterocycles. The van der Waals surface area contributed by atoms with Gasteiger partial charge >= 0.3 is 6.08 Å². The summed E-state index contributed by atoms with van der Waals surface area (Å²) in [5.74, 6) is -1.02. The van der Waals surface area contributed by atoms with E-state index in [4.69, 9.17) is 25.8 Å². The molecule has 1 atom stereocenters. The largest absolute Gasteiger partial charge is 0.493 e. The van der Waals surface area contributed by atoms with Gasteiger partial charge in [-0.15, -0.1) is 4.99 Å². The zero-order valence-corrected chi connectivity index (χ0v) is 12.1. The molecule has 1 unspecified atom stereocenters. The van der Waals surface area contributed by atoms with E-state index in [-0.39, 0.29) is 16.7 Å². The van der Waals surface area contributed by atoms with Gasteiger partial charge in [0.1, 0.15) is 5.75 Å². The highest BCUT2D eigenvalue weighted by atomic mass is 35.5. The fraction of sp³-hybridized carbons (Fsp3) is 0.429. The van der Waals surface area contributed by atoms with Crippen LogP contribution in [0.5, 0.6) is 5.75 Å². The molecule has 21 heavy (non-hydrogen) atoms. The Kier molecular flexibility index (Phi) is 3.71. The molecule has 0 aromatic heterocycles. The minimum absolute atomic E-state index is 0.000605. The first-order chi connectivity index (χ1) is 10.1. The van der Waals surface area contributed by atoms with Crippen LogP contribution in [0, 0.1) is 5.82 Å². The zero-order chi connectivity index (χ0) is 15.0. The average Bonchev–Trinajstić information content (AvgIpc) is 2.81. The van der Waals surface area contributed by atoms with Crippen LogP contribution in [0.3, 0.4) is 0 Å². The topological polar surface area (TPSA) is 57.1 Å². The molecule has 1 aromatic rings. The Bertz CT molecular complexity index is 632. The van der Waals surface area contributed by atoms with Crippen LogP contribution in [-0.4, -0.2) is 25.2 Å². The average molecular weight is 314 g/mol. The molecule has 2 heterocycles. The summed E-state index contributed by atoms with van der Waals surface area (Å²) in [7, 11) is 0. The van der Waals surface area contributed by atoms with Crippen LogP contribution in [0.2, 0.25) is 5.02 Å². The number of fused-ring (bicyclic) bond motifs is 1. The van der Waals surface area contributed by atoms with Crippen molar-refractivity contribution in [1.29, 1.82) is 0 Å². The van der Waals surface area contributed by atoms with Gasteiger partial charge in [0, 0.05) is 0 Å². The fourth-order valence-corrected chi connectivity index (χ4v) is 2.64. The van der Waals surface area contributed by atoms with E-state index in [2.05, 4.69) is 4.99 Å². The summed E-state index contributed by atoms with van der Waals surface area (Å²) in [4.78, 5) is 15.6. The Morgan fingerprint density at radius 2 is 2.38 bits per heavy atom. The summed E-state index contributed by atoms with van der Waals surface area (Å²) in [6.07, 6.45) is 0.158. The van der Waals surface area contributed by atoms with Crippen molar-refractivity contribution in [3.05, 3.63) is 28.0 Å². The fourth-order valence-electron chi connectivity index (χ4n) is 2.41. The molecule has 1 amide bonds. The van der Waals surface area contributed by atoms with Crippen molar-refractivity contribution in [3.63, 3.8) is 0 Å². The van der Waals surface area contributed by atoms with E-state index in [1.54, 1.807) is 6.92 Å². The predicted molar refractivity (Wildman–Crippen MR) is 73.1 cm³/mol. The van der Waals surface area contributed by atoms with Crippen molar-refractivity contribution in [2.75, 3.05) is 13.2 Å². The maximum Gasteiger partial charge on any atom is 0.392 e. The van der Waals surface area contributed by atoms with Gasteiger partial charge in [-0.25, -0.2) is 4.39 Å². The number of carbonyl (C=O) groups excluding carboxylic acids is 1. The summed E-state index contributed by atoms with van der Waals surface area (Å²) in [5.41, 5.74) is 0.768. The van der Waals surface area contributed by atoms with Crippen molar-refractivity contribution < 1.29 is 23.4 Å². The van der Waals surface area contributed by atoms with Crippen LogP contribution in [0.25, 0.3) is 0 Å². The molecule has 0 radical (unpaired) electrons. The van der Waals surface area contributed by atoms with Crippen molar-refractivity contribution in [3.8, 4) is 5.75 Å². The van der Waals surface area contributed by atoms with Crippen LogP contribution in [0.4, 0.5) is 4.39 Å². The summed E-state index contributed by atoms with van der Waals surface area (Å²) in [6.45, 7) is 2.49. The van der Waals surface area contributed by atoms with E-state index in [0.29, 0.717) is 25.4 Å². The molecule has 2 aliphatic rings. The van der Waals surface area contributed by atoms with Crippen LogP contribution >= 0.6 is 11.6 Å². The van der Waals surface area contributed by atoms with Gasteiger partial charge in [0.15, 0.2) is 5.82 Å². The molecule has 112 valence electrons. The first kappa shape index (κ1) is 14.1. The van der Waals surface area contributed by atoms with Crippen LogP contribution < -0.4 is 4.74 Å². The lowest BCUT2D eigenvalue weighted by Gasteiger charge is -2.23. The Morgan fingerprint density at radius 1 is 1.57 bits per heavy atom. The lowest BCUT2D eigenvalue weighted by atomic mass is 9.98. The number of ether oxygens (including phenoxy) is 3. The lowest BCUT2D eigenvalue weighted by Crippen LogP contribution is -2.18. The van der Waals surface area contributed by atoms with Crippen LogP contribution in [0.15, 0.2) is 11.1 Å². The van der Waals surface area contributed by atoms with Crippen LogP contribution in [0.1, 0.15) is 30.6 Å². The Labute approximate surface area is 125 Å². The second-order valence-corrected chi connectivity index (χ2v) is 5.08. The molecule has 0 saturated carbocycles. The molecule has 0 aliphatic carbocycles. The van der Waals surface area contributed by atoms with E-state index >= 15 is 0 Å².